The number of hydrogen-bond acceptors (Lipinski definition) is 4. The fourth-order valence-corrected chi connectivity index (χ4v) is 4.90. The zero-order valence-electron chi connectivity index (χ0n) is 15.2. The molecule has 0 saturated carbocycles. The van der Waals surface area contributed by atoms with E-state index in [1.54, 1.807) is 11.8 Å². The molecule has 2 aliphatic heterocycles. The van der Waals surface area contributed by atoms with Crippen molar-refractivity contribution >= 4 is 22.6 Å². The van der Waals surface area contributed by atoms with Crippen LogP contribution in [0.5, 0.6) is 5.75 Å². The quantitative estimate of drug-likeness (QED) is 0.776. The second-order valence-corrected chi connectivity index (χ2v) is 7.96. The second-order valence-electron chi connectivity index (χ2n) is 6.90. The van der Waals surface area contributed by atoms with Gasteiger partial charge < -0.3 is 9.84 Å². The second kappa shape index (κ2) is 7.00. The van der Waals surface area contributed by atoms with Crippen LogP contribution in [-0.2, 0) is 5.72 Å². The monoisotopic (exact) mass is 409 g/mol. The molecule has 0 aliphatic carbocycles. The molecule has 0 amide bonds. The average Bonchev–Trinajstić information content (AvgIpc) is 2.96. The number of nitrogens with zero attached hydrogens (tertiary/aromatic N) is 2. The van der Waals surface area contributed by atoms with Crippen LogP contribution in [0.2, 0.25) is 0 Å². The molecule has 2 aromatic carbocycles. The molecule has 28 heavy (non-hydrogen) atoms. The Labute approximate surface area is 165 Å². The Morgan fingerprint density at radius 3 is 2.54 bits per heavy atom. The maximum Gasteiger partial charge on any atom is 0.573 e. The summed E-state index contributed by atoms with van der Waals surface area (Å²) in [5.41, 5.74) is 1.34. The summed E-state index contributed by atoms with van der Waals surface area (Å²) in [4.78, 5) is 2.10. The van der Waals surface area contributed by atoms with Crippen molar-refractivity contribution in [3.05, 3.63) is 59.7 Å². The van der Waals surface area contributed by atoms with E-state index in [-0.39, 0.29) is 5.75 Å². The van der Waals surface area contributed by atoms with E-state index in [0.717, 1.165) is 28.6 Å². The number of thioether (sulfide) groups is 1. The van der Waals surface area contributed by atoms with Crippen LogP contribution in [0.1, 0.15) is 17.5 Å². The van der Waals surface area contributed by atoms with Gasteiger partial charge in [0, 0.05) is 11.3 Å². The number of anilines is 1. The van der Waals surface area contributed by atoms with E-state index in [1.165, 1.54) is 24.3 Å². The van der Waals surface area contributed by atoms with Crippen molar-refractivity contribution in [2.24, 2.45) is 0 Å². The molecule has 0 spiro atoms. The summed E-state index contributed by atoms with van der Waals surface area (Å²) < 4.78 is 43.2. The van der Waals surface area contributed by atoms with Gasteiger partial charge in [-0.2, -0.15) is 0 Å². The van der Waals surface area contributed by atoms with Crippen molar-refractivity contribution in [3.63, 3.8) is 0 Å². The zero-order valence-corrected chi connectivity index (χ0v) is 16.1. The average molecular weight is 409 g/mol. The van der Waals surface area contributed by atoms with Crippen LogP contribution in [0.4, 0.5) is 18.9 Å². The highest BCUT2D eigenvalue weighted by Gasteiger charge is 2.53. The predicted molar refractivity (Wildman–Crippen MR) is 103 cm³/mol. The van der Waals surface area contributed by atoms with Gasteiger partial charge in [0.25, 0.3) is 5.72 Å². The molecule has 0 aromatic heterocycles. The lowest BCUT2D eigenvalue weighted by Crippen LogP contribution is -2.41. The third-order valence-corrected chi connectivity index (χ3v) is 6.19. The molecular formula is C20H20F3N2O2S+. The molecule has 148 valence electrons. The van der Waals surface area contributed by atoms with Crippen molar-refractivity contribution in [1.29, 1.82) is 0 Å². The number of amidine groups is 1. The molecule has 2 aromatic rings. The molecule has 8 heteroatoms. The Kier molecular flexibility index (Phi) is 4.79. The van der Waals surface area contributed by atoms with Gasteiger partial charge in [0.1, 0.15) is 11.4 Å². The summed E-state index contributed by atoms with van der Waals surface area (Å²) in [6, 6.07) is 13.5. The number of aryl methyl sites for hydroxylation is 1. The number of hydrogen-bond donors (Lipinski definition) is 1. The number of β-amino-alcohol motifs (C(OH)–C–C–N with tert-alkyl or cyclic N) is 1. The van der Waals surface area contributed by atoms with Crippen molar-refractivity contribution in [1.82, 2.24) is 0 Å². The molecule has 0 bridgehead atoms. The zero-order chi connectivity index (χ0) is 19.9. The Morgan fingerprint density at radius 1 is 1.14 bits per heavy atom. The lowest BCUT2D eigenvalue weighted by Gasteiger charge is -2.24. The third-order valence-electron chi connectivity index (χ3n) is 5.00. The van der Waals surface area contributed by atoms with Gasteiger partial charge in [0.2, 0.25) is 0 Å². The fraction of sp³-hybridized carbons (Fsp3) is 0.350. The van der Waals surface area contributed by atoms with E-state index in [4.69, 9.17) is 0 Å². The summed E-state index contributed by atoms with van der Waals surface area (Å²) in [7, 11) is 0. The summed E-state index contributed by atoms with van der Waals surface area (Å²) in [6.07, 6.45) is -3.81. The third kappa shape index (κ3) is 3.46. The SMILES string of the molecule is Cc1ccccc1N1CC(O)(c2ccc(OC(F)(F)F)cc2)[N+]2=C1SCCC2. The van der Waals surface area contributed by atoms with Crippen molar-refractivity contribution < 1.29 is 27.6 Å². The normalized spacial score (nSPS) is 22.4. The molecule has 4 nitrogen and oxygen atoms in total. The van der Waals surface area contributed by atoms with E-state index in [2.05, 4.69) is 9.64 Å². The Morgan fingerprint density at radius 2 is 1.86 bits per heavy atom. The van der Waals surface area contributed by atoms with Gasteiger partial charge >= 0.3 is 11.5 Å². The molecule has 2 heterocycles. The first-order chi connectivity index (χ1) is 13.3. The molecular weight excluding hydrogens is 389 g/mol. The maximum absolute atomic E-state index is 12.4. The van der Waals surface area contributed by atoms with Crippen molar-refractivity contribution in [2.75, 3.05) is 23.7 Å². The predicted octanol–water partition coefficient (Wildman–Crippen LogP) is 4.06. The highest BCUT2D eigenvalue weighted by molar-refractivity contribution is 8.13. The van der Waals surface area contributed by atoms with Crippen LogP contribution in [-0.4, -0.2) is 40.1 Å². The molecule has 0 saturated heterocycles. The van der Waals surface area contributed by atoms with Gasteiger partial charge in [-0.1, -0.05) is 18.2 Å². The Bertz CT molecular complexity index is 914. The van der Waals surface area contributed by atoms with Gasteiger partial charge in [0.15, 0.2) is 6.54 Å². The number of rotatable bonds is 3. The standard InChI is InChI=1S/C20H20F3N2O2S/c1-14-5-2-3-6-17(14)24-13-19(26,25-11-4-12-28-18(24)25)15-7-9-16(10-8-15)27-20(21,22)23/h2-3,5-10,26H,4,11-13H2,1H3/q+1. The van der Waals surface area contributed by atoms with Crippen molar-refractivity contribution in [2.45, 2.75) is 25.4 Å². The van der Waals surface area contributed by atoms with E-state index in [0.29, 0.717) is 18.7 Å². The lowest BCUT2D eigenvalue weighted by molar-refractivity contribution is -0.656. The minimum absolute atomic E-state index is 0.300. The van der Waals surface area contributed by atoms with Crippen LogP contribution >= 0.6 is 11.8 Å². The molecule has 1 atom stereocenters. The first-order valence-electron chi connectivity index (χ1n) is 8.97. The number of halogens is 3. The van der Waals surface area contributed by atoms with Crippen LogP contribution in [0.15, 0.2) is 48.5 Å². The first kappa shape index (κ1) is 19.1. The fourth-order valence-electron chi connectivity index (χ4n) is 3.73. The largest absolute Gasteiger partial charge is 0.573 e. The summed E-state index contributed by atoms with van der Waals surface area (Å²) >= 11 is 1.69. The van der Waals surface area contributed by atoms with Crippen LogP contribution in [0.25, 0.3) is 0 Å². The molecule has 1 unspecified atom stereocenters. The van der Waals surface area contributed by atoms with Gasteiger partial charge in [-0.25, -0.2) is 9.48 Å². The van der Waals surface area contributed by atoms with Gasteiger partial charge in [-0.15, -0.1) is 13.2 Å². The van der Waals surface area contributed by atoms with E-state index in [9.17, 15) is 18.3 Å². The van der Waals surface area contributed by atoms with E-state index < -0.39 is 12.1 Å². The smallest absolute Gasteiger partial charge is 0.406 e. The maximum atomic E-state index is 12.4. The van der Waals surface area contributed by atoms with Crippen molar-refractivity contribution in [3.8, 4) is 5.75 Å². The summed E-state index contributed by atoms with van der Waals surface area (Å²) in [6.45, 7) is 3.01. The molecule has 4 rings (SSSR count). The number of alkyl halides is 3. The van der Waals surface area contributed by atoms with E-state index >= 15 is 0 Å². The highest BCUT2D eigenvalue weighted by atomic mass is 32.2. The number of aliphatic hydroxyl groups is 1. The number of ether oxygens (including phenoxy) is 1. The first-order valence-corrected chi connectivity index (χ1v) is 9.96. The van der Waals surface area contributed by atoms with Crippen LogP contribution in [0.3, 0.4) is 0 Å². The Balaban J connectivity index is 1.71. The molecule has 0 fully saturated rings. The van der Waals surface area contributed by atoms with Gasteiger partial charge in [-0.05, 0) is 61.0 Å². The summed E-state index contributed by atoms with van der Waals surface area (Å²) in [5, 5.41) is 12.6. The minimum Gasteiger partial charge on any atom is -0.406 e. The van der Waals surface area contributed by atoms with Gasteiger partial charge in [0.05, 0.1) is 6.54 Å². The van der Waals surface area contributed by atoms with Crippen LogP contribution in [0, 0.1) is 6.92 Å². The van der Waals surface area contributed by atoms with Crippen LogP contribution < -0.4 is 9.64 Å². The summed E-state index contributed by atoms with van der Waals surface area (Å²) in [5.74, 6) is 0.661. The number of para-hydroxylation sites is 1. The molecule has 0 radical (unpaired) electrons. The van der Waals surface area contributed by atoms with Gasteiger partial charge in [-0.3, -0.25) is 0 Å². The number of benzene rings is 2. The molecule has 1 N–H and O–H groups in total. The lowest BCUT2D eigenvalue weighted by atomic mass is 10.0. The minimum atomic E-state index is -4.74. The highest BCUT2D eigenvalue weighted by Crippen LogP contribution is 2.39. The van der Waals surface area contributed by atoms with E-state index in [1.807, 2.05) is 35.8 Å². The topological polar surface area (TPSA) is 35.7 Å². The Hall–Kier alpha value is -2.19. The molecule has 2 aliphatic rings.